The molecular formula is C19H19N3OS. The van der Waals surface area contributed by atoms with Gasteiger partial charge in [0.1, 0.15) is 0 Å². The molecule has 0 radical (unpaired) electrons. The zero-order valence-electron chi connectivity index (χ0n) is 13.3. The highest BCUT2D eigenvalue weighted by Crippen LogP contribution is 2.29. The molecule has 0 saturated carbocycles. The van der Waals surface area contributed by atoms with E-state index in [4.69, 9.17) is 0 Å². The fourth-order valence-corrected chi connectivity index (χ4v) is 4.11. The van der Waals surface area contributed by atoms with Crippen LogP contribution in [0.25, 0.3) is 10.9 Å². The first-order valence-electron chi connectivity index (χ1n) is 8.24. The topological polar surface area (TPSA) is 54.0 Å². The number of fused-ring (bicyclic) bond motifs is 1. The van der Waals surface area contributed by atoms with Gasteiger partial charge in [0.05, 0.1) is 10.4 Å². The lowest BCUT2D eigenvalue weighted by molar-refractivity contribution is 0.0955. The van der Waals surface area contributed by atoms with Crippen LogP contribution < -0.4 is 10.6 Å². The number of carbonyl (C=O) groups is 1. The van der Waals surface area contributed by atoms with E-state index in [-0.39, 0.29) is 5.91 Å². The predicted molar refractivity (Wildman–Crippen MR) is 97.2 cm³/mol. The zero-order valence-corrected chi connectivity index (χ0v) is 14.1. The van der Waals surface area contributed by atoms with E-state index in [1.54, 1.807) is 11.3 Å². The molecule has 4 nitrogen and oxygen atoms in total. The molecule has 3 heterocycles. The first kappa shape index (κ1) is 15.3. The highest BCUT2D eigenvalue weighted by Gasteiger charge is 2.19. The van der Waals surface area contributed by atoms with E-state index >= 15 is 0 Å². The highest BCUT2D eigenvalue weighted by molar-refractivity contribution is 7.14. The van der Waals surface area contributed by atoms with Crippen LogP contribution in [-0.2, 0) is 6.54 Å². The molecule has 24 heavy (non-hydrogen) atoms. The predicted octanol–water partition coefficient (Wildman–Crippen LogP) is 3.65. The van der Waals surface area contributed by atoms with E-state index < -0.39 is 0 Å². The molecule has 1 fully saturated rings. The van der Waals surface area contributed by atoms with Gasteiger partial charge in [0, 0.05) is 29.0 Å². The number of carbonyl (C=O) groups excluding carboxylic acids is 1. The fourth-order valence-electron chi connectivity index (χ4n) is 3.07. The Bertz CT molecular complexity index is 868. The Balaban J connectivity index is 1.42. The smallest absolute Gasteiger partial charge is 0.261 e. The lowest BCUT2D eigenvalue weighted by Crippen LogP contribution is -2.21. The van der Waals surface area contributed by atoms with E-state index in [1.165, 1.54) is 11.3 Å². The van der Waals surface area contributed by atoms with E-state index in [0.717, 1.165) is 34.3 Å². The van der Waals surface area contributed by atoms with Crippen LogP contribution in [0, 0.1) is 0 Å². The van der Waals surface area contributed by atoms with Crippen molar-refractivity contribution in [2.24, 2.45) is 0 Å². The Morgan fingerprint density at radius 2 is 2.21 bits per heavy atom. The van der Waals surface area contributed by atoms with Gasteiger partial charge in [0.25, 0.3) is 5.91 Å². The third kappa shape index (κ3) is 3.18. The van der Waals surface area contributed by atoms with Crippen LogP contribution in [-0.4, -0.2) is 17.4 Å². The summed E-state index contributed by atoms with van der Waals surface area (Å²) in [5.74, 6) is -0.0163. The minimum Gasteiger partial charge on any atom is -0.347 e. The van der Waals surface area contributed by atoms with Crippen LogP contribution in [0.1, 0.15) is 39.0 Å². The van der Waals surface area contributed by atoms with Crippen molar-refractivity contribution in [3.8, 4) is 0 Å². The average molecular weight is 337 g/mol. The van der Waals surface area contributed by atoms with Crippen molar-refractivity contribution >= 4 is 28.1 Å². The lowest BCUT2D eigenvalue weighted by atomic mass is 10.1. The summed E-state index contributed by atoms with van der Waals surface area (Å²) in [6.45, 7) is 1.56. The molecule has 2 aromatic heterocycles. The van der Waals surface area contributed by atoms with E-state index in [0.29, 0.717) is 12.6 Å². The summed E-state index contributed by atoms with van der Waals surface area (Å²) in [7, 11) is 0. The van der Waals surface area contributed by atoms with Gasteiger partial charge in [-0.3, -0.25) is 9.78 Å². The number of nitrogens with one attached hydrogen (secondary N) is 2. The number of pyridine rings is 1. The number of rotatable bonds is 4. The zero-order chi connectivity index (χ0) is 16.4. The van der Waals surface area contributed by atoms with Gasteiger partial charge in [-0.25, -0.2) is 0 Å². The van der Waals surface area contributed by atoms with Crippen molar-refractivity contribution in [3.05, 3.63) is 64.0 Å². The lowest BCUT2D eigenvalue weighted by Gasteiger charge is -2.06. The third-order valence-electron chi connectivity index (χ3n) is 4.35. The second-order valence-corrected chi connectivity index (χ2v) is 7.19. The van der Waals surface area contributed by atoms with Crippen LogP contribution in [0.2, 0.25) is 0 Å². The number of hydrogen-bond donors (Lipinski definition) is 2. The Morgan fingerprint density at radius 1 is 1.29 bits per heavy atom. The van der Waals surface area contributed by atoms with Gasteiger partial charge in [-0.15, -0.1) is 11.3 Å². The third-order valence-corrected chi connectivity index (χ3v) is 5.55. The Hall–Kier alpha value is -2.24. The molecule has 0 bridgehead atoms. The summed E-state index contributed by atoms with van der Waals surface area (Å²) in [5, 5.41) is 7.56. The maximum absolute atomic E-state index is 12.4. The van der Waals surface area contributed by atoms with Gasteiger partial charge in [0.15, 0.2) is 0 Å². The van der Waals surface area contributed by atoms with Crippen molar-refractivity contribution in [3.63, 3.8) is 0 Å². The Labute approximate surface area is 144 Å². The molecule has 0 spiro atoms. The maximum Gasteiger partial charge on any atom is 0.261 e. The number of hydrogen-bond acceptors (Lipinski definition) is 4. The summed E-state index contributed by atoms with van der Waals surface area (Å²) < 4.78 is 0. The second-order valence-electron chi connectivity index (χ2n) is 6.07. The second kappa shape index (κ2) is 6.71. The molecule has 3 aromatic rings. The van der Waals surface area contributed by atoms with Gasteiger partial charge in [-0.1, -0.05) is 18.2 Å². The van der Waals surface area contributed by atoms with Gasteiger partial charge in [-0.2, -0.15) is 0 Å². The van der Waals surface area contributed by atoms with Crippen LogP contribution in [0.3, 0.4) is 0 Å². The van der Waals surface area contributed by atoms with Gasteiger partial charge in [0.2, 0.25) is 0 Å². The summed E-state index contributed by atoms with van der Waals surface area (Å²) in [5.41, 5.74) is 1.98. The number of benzene rings is 1. The summed E-state index contributed by atoms with van der Waals surface area (Å²) >= 11 is 1.59. The molecule has 2 N–H and O–H groups in total. The average Bonchev–Trinajstić information content (AvgIpc) is 3.30. The largest absolute Gasteiger partial charge is 0.347 e. The maximum atomic E-state index is 12.4. The van der Waals surface area contributed by atoms with Crippen molar-refractivity contribution in [2.75, 3.05) is 6.54 Å². The quantitative estimate of drug-likeness (QED) is 0.764. The molecule has 1 amide bonds. The number of aromatic nitrogens is 1. The van der Waals surface area contributed by atoms with E-state index in [9.17, 15) is 4.79 Å². The first-order chi connectivity index (χ1) is 11.8. The summed E-state index contributed by atoms with van der Waals surface area (Å²) in [4.78, 5) is 18.8. The molecule has 1 unspecified atom stereocenters. The Kier molecular flexibility index (Phi) is 4.28. The Morgan fingerprint density at radius 3 is 3.08 bits per heavy atom. The van der Waals surface area contributed by atoms with Crippen molar-refractivity contribution in [1.82, 2.24) is 15.6 Å². The summed E-state index contributed by atoms with van der Waals surface area (Å²) in [6.07, 6.45) is 4.19. The molecule has 0 aliphatic carbocycles. The molecule has 1 aliphatic heterocycles. The van der Waals surface area contributed by atoms with Crippen LogP contribution >= 0.6 is 11.3 Å². The molecule has 122 valence electrons. The number of nitrogens with zero attached hydrogens (tertiary/aromatic N) is 1. The molecular weight excluding hydrogens is 318 g/mol. The van der Waals surface area contributed by atoms with Gasteiger partial charge < -0.3 is 10.6 Å². The molecule has 1 aliphatic rings. The highest BCUT2D eigenvalue weighted by atomic mass is 32.1. The normalized spacial score (nSPS) is 17.2. The van der Waals surface area contributed by atoms with Crippen molar-refractivity contribution in [1.29, 1.82) is 0 Å². The number of para-hydroxylation sites is 1. The fraction of sp³-hybridized carbons (Fsp3) is 0.263. The molecule has 1 aromatic carbocycles. The SMILES string of the molecule is O=C(NCc1cnc2ccccc2c1)c1ccc(C2CCCN2)s1. The minimum absolute atomic E-state index is 0.0163. The van der Waals surface area contributed by atoms with E-state index in [1.807, 2.05) is 36.5 Å². The van der Waals surface area contributed by atoms with Crippen LogP contribution in [0.5, 0.6) is 0 Å². The molecule has 1 atom stereocenters. The van der Waals surface area contributed by atoms with Gasteiger partial charge in [-0.05, 0) is 49.2 Å². The summed E-state index contributed by atoms with van der Waals surface area (Å²) in [6, 6.07) is 14.5. The standard InChI is InChI=1S/C19H19N3OS/c23-19(18-8-7-17(24-18)16-6-3-9-20-16)22-12-13-10-14-4-1-2-5-15(14)21-11-13/h1-2,4-5,7-8,10-11,16,20H,3,6,9,12H2,(H,22,23). The monoisotopic (exact) mass is 337 g/mol. The van der Waals surface area contributed by atoms with E-state index in [2.05, 4.69) is 27.8 Å². The molecule has 4 rings (SSSR count). The first-order valence-corrected chi connectivity index (χ1v) is 9.06. The number of amides is 1. The van der Waals surface area contributed by atoms with Crippen LogP contribution in [0.15, 0.2) is 48.7 Å². The van der Waals surface area contributed by atoms with Crippen molar-refractivity contribution in [2.45, 2.75) is 25.4 Å². The van der Waals surface area contributed by atoms with Gasteiger partial charge >= 0.3 is 0 Å². The molecule has 5 heteroatoms. The minimum atomic E-state index is -0.0163. The number of thiophene rings is 1. The molecule has 1 saturated heterocycles. The van der Waals surface area contributed by atoms with Crippen LogP contribution in [0.4, 0.5) is 0 Å². The van der Waals surface area contributed by atoms with Crippen molar-refractivity contribution < 1.29 is 4.79 Å².